The summed E-state index contributed by atoms with van der Waals surface area (Å²) < 4.78 is 5.37. The summed E-state index contributed by atoms with van der Waals surface area (Å²) in [5, 5.41) is 2.82. The number of morpholine rings is 1. The summed E-state index contributed by atoms with van der Waals surface area (Å²) in [4.78, 5) is 47.0. The van der Waals surface area contributed by atoms with Gasteiger partial charge in [-0.3, -0.25) is 19.3 Å². The van der Waals surface area contributed by atoms with Gasteiger partial charge in [-0.05, 0) is 37.3 Å². The van der Waals surface area contributed by atoms with Crippen molar-refractivity contribution < 1.29 is 19.1 Å². The lowest BCUT2D eigenvalue weighted by Crippen LogP contribution is -2.48. The monoisotopic (exact) mass is 426 g/mol. The van der Waals surface area contributed by atoms with Crippen molar-refractivity contribution in [1.82, 2.24) is 9.88 Å². The first-order chi connectivity index (χ1) is 15.0. The summed E-state index contributed by atoms with van der Waals surface area (Å²) in [6.07, 6.45) is 7.17. The van der Waals surface area contributed by atoms with Crippen molar-refractivity contribution in [1.29, 1.82) is 0 Å². The maximum Gasteiger partial charge on any atom is 0.248 e. The molecular formula is C23H30N4O4. The highest BCUT2D eigenvalue weighted by atomic mass is 16.5. The van der Waals surface area contributed by atoms with Crippen LogP contribution in [0.15, 0.2) is 30.5 Å². The number of allylic oxidation sites excluding steroid dienone is 2. The predicted octanol–water partition coefficient (Wildman–Crippen LogP) is 2.22. The number of fused-ring (bicyclic) bond motifs is 1. The highest BCUT2D eigenvalue weighted by molar-refractivity contribution is 6.10. The number of hydrogen-bond acceptors (Lipinski definition) is 6. The molecule has 2 fully saturated rings. The number of rotatable bonds is 6. The summed E-state index contributed by atoms with van der Waals surface area (Å²) in [6.45, 7) is 6.94. The van der Waals surface area contributed by atoms with Gasteiger partial charge in [0.2, 0.25) is 17.7 Å². The lowest BCUT2D eigenvalue weighted by atomic mass is 9.85. The molecule has 2 aliphatic heterocycles. The molecule has 2 saturated heterocycles. The van der Waals surface area contributed by atoms with E-state index < -0.39 is 6.04 Å². The minimum absolute atomic E-state index is 0.147. The van der Waals surface area contributed by atoms with E-state index in [-0.39, 0.29) is 35.5 Å². The van der Waals surface area contributed by atoms with Gasteiger partial charge >= 0.3 is 0 Å². The van der Waals surface area contributed by atoms with Crippen molar-refractivity contribution in [2.24, 2.45) is 17.8 Å². The second-order valence-corrected chi connectivity index (χ2v) is 8.84. The molecule has 8 nitrogen and oxygen atoms in total. The third-order valence-electron chi connectivity index (χ3n) is 6.23. The van der Waals surface area contributed by atoms with Crippen LogP contribution in [-0.2, 0) is 19.1 Å². The third-order valence-corrected chi connectivity index (χ3v) is 6.23. The van der Waals surface area contributed by atoms with Crippen LogP contribution < -0.4 is 10.2 Å². The van der Waals surface area contributed by atoms with Crippen molar-refractivity contribution in [2.45, 2.75) is 39.2 Å². The van der Waals surface area contributed by atoms with Crippen LogP contribution in [0.25, 0.3) is 0 Å². The largest absolute Gasteiger partial charge is 0.378 e. The van der Waals surface area contributed by atoms with Gasteiger partial charge in [0.1, 0.15) is 11.9 Å². The maximum absolute atomic E-state index is 13.2. The van der Waals surface area contributed by atoms with E-state index in [4.69, 9.17) is 4.74 Å². The van der Waals surface area contributed by atoms with Gasteiger partial charge in [0.05, 0.1) is 36.9 Å². The van der Waals surface area contributed by atoms with Crippen LogP contribution in [0.4, 0.5) is 11.5 Å². The Morgan fingerprint density at radius 1 is 1.13 bits per heavy atom. The van der Waals surface area contributed by atoms with Gasteiger partial charge in [-0.15, -0.1) is 0 Å². The molecule has 1 aliphatic carbocycles. The zero-order valence-electron chi connectivity index (χ0n) is 18.1. The minimum atomic E-state index is -0.827. The van der Waals surface area contributed by atoms with E-state index in [1.807, 2.05) is 32.1 Å². The highest BCUT2D eigenvalue weighted by Gasteiger charge is 2.51. The third kappa shape index (κ3) is 4.49. The molecule has 31 heavy (non-hydrogen) atoms. The molecule has 1 N–H and O–H groups in total. The Kier molecular flexibility index (Phi) is 6.36. The number of imide groups is 1. The number of carbonyl (C=O) groups excluding carboxylic acids is 3. The molecule has 3 aliphatic rings. The minimum Gasteiger partial charge on any atom is -0.378 e. The normalized spacial score (nSPS) is 24.5. The predicted molar refractivity (Wildman–Crippen MR) is 116 cm³/mol. The molecule has 1 aromatic heterocycles. The maximum atomic E-state index is 13.2. The van der Waals surface area contributed by atoms with Crippen molar-refractivity contribution in [3.63, 3.8) is 0 Å². The smallest absolute Gasteiger partial charge is 0.248 e. The first kappa shape index (κ1) is 21.5. The number of amides is 3. The molecule has 8 heteroatoms. The molecule has 0 radical (unpaired) electrons. The van der Waals surface area contributed by atoms with Gasteiger partial charge in [0, 0.05) is 13.1 Å². The van der Waals surface area contributed by atoms with Gasteiger partial charge in [-0.2, -0.15) is 0 Å². The fraction of sp³-hybridized carbons (Fsp3) is 0.565. The average Bonchev–Trinajstić information content (AvgIpc) is 3.03. The summed E-state index contributed by atoms with van der Waals surface area (Å²) in [5.41, 5.74) is 0.974. The number of nitrogens with one attached hydrogen (secondary N) is 1. The van der Waals surface area contributed by atoms with Crippen LogP contribution in [0.3, 0.4) is 0 Å². The Morgan fingerprint density at radius 3 is 2.32 bits per heavy atom. The van der Waals surface area contributed by atoms with Crippen molar-refractivity contribution in [2.75, 3.05) is 36.5 Å². The quantitative estimate of drug-likeness (QED) is 0.554. The molecular weight excluding hydrogens is 396 g/mol. The standard InChI is InChI=1S/C23H30N4O4/c1-15(2)13-19(27-22(29)17-5-3-4-6-18(17)23(27)30)21(28)25-20-8-7-16(14-24-20)26-9-11-31-12-10-26/h3-4,7-8,14-15,17-19H,5-6,9-13H2,1-2H3,(H,24,25,28). The molecule has 3 heterocycles. The van der Waals surface area contributed by atoms with E-state index in [9.17, 15) is 14.4 Å². The molecule has 0 aromatic carbocycles. The lowest BCUT2D eigenvalue weighted by Gasteiger charge is -2.29. The summed E-state index contributed by atoms with van der Waals surface area (Å²) in [5.74, 6) is -0.945. The molecule has 3 unspecified atom stereocenters. The fourth-order valence-corrected chi connectivity index (χ4v) is 4.59. The summed E-state index contributed by atoms with van der Waals surface area (Å²) in [6, 6.07) is 2.84. The van der Waals surface area contributed by atoms with E-state index in [1.54, 1.807) is 12.3 Å². The molecule has 4 rings (SSSR count). The lowest BCUT2D eigenvalue weighted by molar-refractivity contribution is -0.147. The number of aromatic nitrogens is 1. The number of likely N-dealkylation sites (tertiary alicyclic amines) is 1. The van der Waals surface area contributed by atoms with Crippen LogP contribution in [-0.4, -0.2) is 60.0 Å². The molecule has 1 aromatic rings. The van der Waals surface area contributed by atoms with Gasteiger partial charge < -0.3 is 15.0 Å². The summed E-state index contributed by atoms with van der Waals surface area (Å²) >= 11 is 0. The van der Waals surface area contributed by atoms with E-state index in [0.717, 1.165) is 18.8 Å². The fourth-order valence-electron chi connectivity index (χ4n) is 4.59. The Hall–Kier alpha value is -2.74. The molecule has 0 spiro atoms. The number of pyridine rings is 1. The number of nitrogens with zero attached hydrogens (tertiary/aromatic N) is 3. The molecule has 166 valence electrons. The number of anilines is 2. The van der Waals surface area contributed by atoms with E-state index in [0.29, 0.717) is 38.3 Å². The molecule has 0 bridgehead atoms. The number of hydrogen-bond donors (Lipinski definition) is 1. The van der Waals surface area contributed by atoms with Gasteiger partial charge in [0.15, 0.2) is 0 Å². The van der Waals surface area contributed by atoms with Gasteiger partial charge in [0.25, 0.3) is 0 Å². The number of carbonyl (C=O) groups is 3. The Morgan fingerprint density at radius 2 is 1.77 bits per heavy atom. The second kappa shape index (κ2) is 9.18. The number of ether oxygens (including phenoxy) is 1. The zero-order valence-corrected chi connectivity index (χ0v) is 18.1. The van der Waals surface area contributed by atoms with E-state index in [1.165, 1.54) is 4.90 Å². The highest BCUT2D eigenvalue weighted by Crippen LogP contribution is 2.37. The molecule has 0 saturated carbocycles. The Balaban J connectivity index is 1.48. The van der Waals surface area contributed by atoms with Crippen LogP contribution in [0.2, 0.25) is 0 Å². The Labute approximate surface area is 182 Å². The van der Waals surface area contributed by atoms with E-state index >= 15 is 0 Å². The molecule has 3 amide bonds. The molecule has 3 atom stereocenters. The van der Waals surface area contributed by atoms with Crippen molar-refractivity contribution >= 4 is 29.2 Å². The topological polar surface area (TPSA) is 91.8 Å². The van der Waals surface area contributed by atoms with Crippen LogP contribution >= 0.6 is 0 Å². The van der Waals surface area contributed by atoms with Crippen molar-refractivity contribution in [3.05, 3.63) is 30.5 Å². The SMILES string of the molecule is CC(C)CC(C(=O)Nc1ccc(N2CCOCC2)cn1)N1C(=O)C2CC=CCC2C1=O. The van der Waals surface area contributed by atoms with E-state index in [2.05, 4.69) is 15.2 Å². The van der Waals surface area contributed by atoms with Crippen LogP contribution in [0, 0.1) is 17.8 Å². The van der Waals surface area contributed by atoms with Gasteiger partial charge in [-0.25, -0.2) is 4.98 Å². The van der Waals surface area contributed by atoms with Crippen LogP contribution in [0.1, 0.15) is 33.1 Å². The van der Waals surface area contributed by atoms with Crippen LogP contribution in [0.5, 0.6) is 0 Å². The zero-order chi connectivity index (χ0) is 22.0. The first-order valence-corrected chi connectivity index (χ1v) is 11.1. The second-order valence-electron chi connectivity index (χ2n) is 8.84. The van der Waals surface area contributed by atoms with Gasteiger partial charge in [-0.1, -0.05) is 26.0 Å². The summed E-state index contributed by atoms with van der Waals surface area (Å²) in [7, 11) is 0. The van der Waals surface area contributed by atoms with Crippen molar-refractivity contribution in [3.8, 4) is 0 Å². The average molecular weight is 427 g/mol. The Bertz CT molecular complexity index is 835. The first-order valence-electron chi connectivity index (χ1n) is 11.1.